The van der Waals surface area contributed by atoms with Crippen LogP contribution in [0.15, 0.2) is 34.0 Å². The molecule has 2 heterocycles. The van der Waals surface area contributed by atoms with Crippen molar-refractivity contribution in [2.24, 2.45) is 0 Å². The zero-order valence-corrected chi connectivity index (χ0v) is 13.0. The highest BCUT2D eigenvalue weighted by Crippen LogP contribution is 2.23. The van der Waals surface area contributed by atoms with E-state index in [0.29, 0.717) is 15.9 Å². The van der Waals surface area contributed by atoms with Crippen LogP contribution in [-0.2, 0) is 23.1 Å². The molecule has 0 atom stereocenters. The van der Waals surface area contributed by atoms with Gasteiger partial charge in [0.05, 0.1) is 12.2 Å². The number of hydrogen-bond donors (Lipinski definition) is 2. The summed E-state index contributed by atoms with van der Waals surface area (Å²) in [5.41, 5.74) is 1.60. The molecule has 1 fully saturated rings. The fourth-order valence-corrected chi connectivity index (χ4v) is 4.06. The lowest BCUT2D eigenvalue weighted by molar-refractivity contribution is 0.582. The maximum absolute atomic E-state index is 12.2. The van der Waals surface area contributed by atoms with Gasteiger partial charge in [-0.25, -0.2) is 13.1 Å². The number of aromatic nitrogens is 2. The van der Waals surface area contributed by atoms with E-state index in [9.17, 15) is 8.42 Å². The molecule has 0 amide bonds. The lowest BCUT2D eigenvalue weighted by Gasteiger charge is -2.03. The van der Waals surface area contributed by atoms with Crippen LogP contribution in [0.2, 0.25) is 0 Å². The van der Waals surface area contributed by atoms with Crippen molar-refractivity contribution in [3.63, 3.8) is 0 Å². The molecule has 1 aliphatic rings. The van der Waals surface area contributed by atoms with Gasteiger partial charge in [0.2, 0.25) is 10.0 Å². The maximum atomic E-state index is 12.2. The number of hydrogen-bond acceptors (Lipinski definition) is 6. The molecule has 0 aliphatic heterocycles. The van der Waals surface area contributed by atoms with Crippen LogP contribution in [0.1, 0.15) is 24.1 Å². The number of nitrogens with zero attached hydrogens (tertiary/aromatic N) is 2. The van der Waals surface area contributed by atoms with Gasteiger partial charge >= 0.3 is 0 Å². The molecule has 2 N–H and O–H groups in total. The van der Waals surface area contributed by atoms with Crippen molar-refractivity contribution in [1.29, 1.82) is 0 Å². The highest BCUT2D eigenvalue weighted by molar-refractivity contribution is 7.91. The summed E-state index contributed by atoms with van der Waals surface area (Å²) in [5, 5.41) is 12.8. The van der Waals surface area contributed by atoms with E-state index in [1.165, 1.54) is 24.2 Å². The Hall–Kier alpha value is -1.35. The highest BCUT2D eigenvalue weighted by atomic mass is 32.2. The molecule has 0 aromatic carbocycles. The lowest BCUT2D eigenvalue weighted by Crippen LogP contribution is -2.23. The largest absolute Gasteiger partial charge is 0.310 e. The maximum Gasteiger partial charge on any atom is 0.250 e. The Morgan fingerprint density at radius 2 is 2.19 bits per heavy atom. The molecule has 0 saturated heterocycles. The van der Waals surface area contributed by atoms with Crippen LogP contribution in [0.3, 0.4) is 0 Å². The van der Waals surface area contributed by atoms with Gasteiger partial charge < -0.3 is 5.32 Å². The Labute approximate surface area is 127 Å². The molecule has 1 aliphatic carbocycles. The van der Waals surface area contributed by atoms with E-state index in [4.69, 9.17) is 0 Å². The van der Waals surface area contributed by atoms with Crippen LogP contribution in [0, 0.1) is 0 Å². The number of nitrogens with one attached hydrogen (secondary N) is 2. The Bertz CT molecular complexity index is 696. The van der Waals surface area contributed by atoms with E-state index in [-0.39, 0.29) is 6.54 Å². The molecule has 0 unspecified atom stereocenters. The van der Waals surface area contributed by atoms with Gasteiger partial charge in [-0.1, -0.05) is 0 Å². The first-order chi connectivity index (χ1) is 10.1. The molecule has 2 aromatic heterocycles. The number of thiophene rings is 1. The van der Waals surface area contributed by atoms with Gasteiger partial charge in [-0.15, -0.1) is 11.3 Å². The Kier molecular flexibility index (Phi) is 4.29. The van der Waals surface area contributed by atoms with Gasteiger partial charge in [0.1, 0.15) is 4.21 Å². The molecule has 112 valence electrons. The summed E-state index contributed by atoms with van der Waals surface area (Å²) in [7, 11) is -3.49. The average Bonchev–Trinajstić information content (AvgIpc) is 3.20. The van der Waals surface area contributed by atoms with Gasteiger partial charge in [-0.3, -0.25) is 0 Å². The summed E-state index contributed by atoms with van der Waals surface area (Å²) in [6.45, 7) is 0.866. The van der Waals surface area contributed by atoms with Crippen molar-refractivity contribution < 1.29 is 8.42 Å². The lowest BCUT2D eigenvalue weighted by atomic mass is 10.3. The van der Waals surface area contributed by atoms with Gasteiger partial charge in [-0.2, -0.15) is 10.2 Å². The quantitative estimate of drug-likeness (QED) is 0.801. The predicted molar refractivity (Wildman–Crippen MR) is 80.2 cm³/mol. The third-order valence-electron chi connectivity index (χ3n) is 3.14. The van der Waals surface area contributed by atoms with Crippen LogP contribution in [0.5, 0.6) is 0 Å². The summed E-state index contributed by atoms with van der Waals surface area (Å²) in [6.07, 6.45) is 3.99. The first kappa shape index (κ1) is 14.6. The van der Waals surface area contributed by atoms with Crippen LogP contribution >= 0.6 is 11.3 Å². The second kappa shape index (κ2) is 6.18. The van der Waals surface area contributed by atoms with Crippen molar-refractivity contribution in [3.05, 3.63) is 41.0 Å². The molecule has 21 heavy (non-hydrogen) atoms. The smallest absolute Gasteiger partial charge is 0.250 e. The van der Waals surface area contributed by atoms with Crippen molar-refractivity contribution in [3.8, 4) is 0 Å². The van der Waals surface area contributed by atoms with Crippen molar-refractivity contribution in [2.45, 2.75) is 36.2 Å². The summed E-state index contributed by atoms with van der Waals surface area (Å²) >= 11 is 1.24. The van der Waals surface area contributed by atoms with E-state index in [0.717, 1.165) is 12.1 Å². The Morgan fingerprint density at radius 1 is 1.33 bits per heavy atom. The van der Waals surface area contributed by atoms with Crippen molar-refractivity contribution >= 4 is 21.4 Å². The SMILES string of the molecule is O=S(=O)(NCc1cccnn1)c1cc(CNC2CC2)cs1. The molecule has 3 rings (SSSR count). The van der Waals surface area contributed by atoms with E-state index in [1.807, 2.05) is 5.38 Å². The predicted octanol–water partition coefficient (Wildman–Crippen LogP) is 1.27. The first-order valence-electron chi connectivity index (χ1n) is 6.70. The fraction of sp³-hybridized carbons (Fsp3) is 0.385. The molecular weight excluding hydrogens is 308 g/mol. The second-order valence-corrected chi connectivity index (χ2v) is 7.87. The third-order valence-corrected chi connectivity index (χ3v) is 6.03. The minimum atomic E-state index is -3.49. The minimum Gasteiger partial charge on any atom is -0.310 e. The summed E-state index contributed by atoms with van der Waals surface area (Å²) in [4.78, 5) is 0. The van der Waals surface area contributed by atoms with Crippen molar-refractivity contribution in [2.75, 3.05) is 0 Å². The fourth-order valence-electron chi connectivity index (χ4n) is 1.80. The molecule has 0 radical (unpaired) electrons. The van der Waals surface area contributed by atoms with Gasteiger partial charge in [-0.05, 0) is 42.0 Å². The molecular formula is C13H16N4O2S2. The number of rotatable bonds is 7. The highest BCUT2D eigenvalue weighted by Gasteiger charge is 2.21. The Balaban J connectivity index is 1.61. The monoisotopic (exact) mass is 324 g/mol. The second-order valence-electron chi connectivity index (χ2n) is 4.97. The van der Waals surface area contributed by atoms with Gasteiger partial charge in [0.15, 0.2) is 0 Å². The molecule has 6 nitrogen and oxygen atoms in total. The van der Waals surface area contributed by atoms with E-state index in [2.05, 4.69) is 20.2 Å². The molecule has 8 heteroatoms. The zero-order valence-electron chi connectivity index (χ0n) is 11.3. The summed E-state index contributed by atoms with van der Waals surface area (Å²) in [5.74, 6) is 0. The molecule has 0 bridgehead atoms. The number of sulfonamides is 1. The van der Waals surface area contributed by atoms with Gasteiger partial charge in [0.25, 0.3) is 0 Å². The third kappa shape index (κ3) is 4.07. The van der Waals surface area contributed by atoms with Crippen LogP contribution in [0.25, 0.3) is 0 Å². The molecule has 2 aromatic rings. The van der Waals surface area contributed by atoms with E-state index in [1.54, 1.807) is 24.4 Å². The van der Waals surface area contributed by atoms with Gasteiger partial charge in [0, 0.05) is 18.8 Å². The Morgan fingerprint density at radius 3 is 2.90 bits per heavy atom. The average molecular weight is 324 g/mol. The minimum absolute atomic E-state index is 0.143. The summed E-state index contributed by atoms with van der Waals surface area (Å²) < 4.78 is 27.3. The molecule has 1 saturated carbocycles. The van der Waals surface area contributed by atoms with Crippen LogP contribution < -0.4 is 10.0 Å². The standard InChI is InChI=1S/C13H16N4O2S2/c18-21(19,16-8-12-2-1-5-15-17-12)13-6-10(9-20-13)7-14-11-3-4-11/h1-2,5-6,9,11,14,16H,3-4,7-8H2. The zero-order chi connectivity index (χ0) is 14.7. The van der Waals surface area contributed by atoms with Crippen molar-refractivity contribution in [1.82, 2.24) is 20.2 Å². The molecule has 0 spiro atoms. The van der Waals surface area contributed by atoms with E-state index < -0.39 is 10.0 Å². The topological polar surface area (TPSA) is 84.0 Å². The van der Waals surface area contributed by atoms with E-state index >= 15 is 0 Å². The van der Waals surface area contributed by atoms with Crippen LogP contribution in [0.4, 0.5) is 0 Å². The summed E-state index contributed by atoms with van der Waals surface area (Å²) in [6, 6.07) is 5.79. The van der Waals surface area contributed by atoms with Crippen LogP contribution in [-0.4, -0.2) is 24.7 Å². The first-order valence-corrected chi connectivity index (χ1v) is 9.07. The normalized spacial score (nSPS) is 15.2.